The number of nitrogens with zero attached hydrogens (tertiary/aromatic N) is 2. The van der Waals surface area contributed by atoms with Gasteiger partial charge in [0.2, 0.25) is 0 Å². The molecule has 2 fully saturated rings. The number of carbonyl (C=O) groups is 1. The molecule has 5 heteroatoms. The van der Waals surface area contributed by atoms with Gasteiger partial charge in [0.1, 0.15) is 5.78 Å². The van der Waals surface area contributed by atoms with Crippen molar-refractivity contribution in [2.45, 2.75) is 214 Å². The Labute approximate surface area is 382 Å². The summed E-state index contributed by atoms with van der Waals surface area (Å²) in [5, 5.41) is 12.4. The summed E-state index contributed by atoms with van der Waals surface area (Å²) in [6.07, 6.45) is 32.5. The second-order valence-electron chi connectivity index (χ2n) is 18.4. The van der Waals surface area contributed by atoms with Crippen molar-refractivity contribution in [1.82, 2.24) is 9.80 Å². The number of halogens is 1. The smallest absolute Gasteiger partial charge is 0.134 e. The molecule has 60 heavy (non-hydrogen) atoms. The van der Waals surface area contributed by atoms with Crippen molar-refractivity contribution in [3.8, 4) is 0 Å². The summed E-state index contributed by atoms with van der Waals surface area (Å²) in [5.74, 6) is 2.27. The molecule has 0 aromatic heterocycles. The molecule has 1 N–H and O–H groups in total. The highest BCUT2D eigenvalue weighted by molar-refractivity contribution is 9.09. The van der Waals surface area contributed by atoms with Gasteiger partial charge in [-0.3, -0.25) is 4.79 Å². The fraction of sp³-hybridized carbons (Fsp3) is 0.764. The first-order chi connectivity index (χ1) is 28.8. The van der Waals surface area contributed by atoms with Crippen molar-refractivity contribution in [2.24, 2.45) is 11.8 Å². The van der Waals surface area contributed by atoms with Crippen LogP contribution in [-0.4, -0.2) is 70.9 Å². The summed E-state index contributed by atoms with van der Waals surface area (Å²) >= 11 is 3.35. The Hall–Kier alpha value is -1.53. The summed E-state index contributed by atoms with van der Waals surface area (Å²) < 4.78 is 0. The third-order valence-electron chi connectivity index (χ3n) is 13.1. The second kappa shape index (κ2) is 38.0. The quantitative estimate of drug-likeness (QED) is 0.0653. The minimum Gasteiger partial charge on any atom is -0.390 e. The van der Waals surface area contributed by atoms with Crippen molar-refractivity contribution in [3.63, 3.8) is 0 Å². The van der Waals surface area contributed by atoms with Gasteiger partial charge in [0.05, 0.1) is 5.60 Å². The van der Waals surface area contributed by atoms with Gasteiger partial charge in [-0.1, -0.05) is 189 Å². The third-order valence-corrected chi connectivity index (χ3v) is 13.7. The van der Waals surface area contributed by atoms with Crippen LogP contribution < -0.4 is 0 Å². The molecule has 2 aliphatic heterocycles. The molecule has 2 aromatic rings. The van der Waals surface area contributed by atoms with Crippen molar-refractivity contribution in [3.05, 3.63) is 71.8 Å². The average molecular weight is 898 g/mol. The number of Topliss-reactive ketones (excluding diaryl/α,β-unsaturated/α-hetero) is 1. The van der Waals surface area contributed by atoms with E-state index >= 15 is 0 Å². The molecular weight excluding hydrogens is 801 g/mol. The Morgan fingerprint density at radius 3 is 1.40 bits per heavy atom. The maximum absolute atomic E-state index is 11.9. The third kappa shape index (κ3) is 29.0. The predicted octanol–water partition coefficient (Wildman–Crippen LogP) is 15.5. The van der Waals surface area contributed by atoms with E-state index in [-0.39, 0.29) is 7.43 Å². The van der Waals surface area contributed by atoms with Crippen LogP contribution >= 0.6 is 15.9 Å². The number of hydrogen-bond donors (Lipinski definition) is 1. The molecule has 0 atom stereocenters. The summed E-state index contributed by atoms with van der Waals surface area (Å²) in [6, 6.07) is 21.8. The average Bonchev–Trinajstić information content (AvgIpc) is 3.27. The highest BCUT2D eigenvalue weighted by atomic mass is 79.9. The van der Waals surface area contributed by atoms with Gasteiger partial charge < -0.3 is 14.9 Å². The Balaban J connectivity index is 0.000000526. The van der Waals surface area contributed by atoms with Crippen molar-refractivity contribution in [1.29, 1.82) is 0 Å². The molecule has 2 aromatic carbocycles. The van der Waals surface area contributed by atoms with Crippen LogP contribution in [0.25, 0.3) is 0 Å². The molecule has 0 aliphatic carbocycles. The van der Waals surface area contributed by atoms with Crippen molar-refractivity contribution in [2.75, 3.05) is 44.6 Å². The molecule has 0 unspecified atom stereocenters. The van der Waals surface area contributed by atoms with Crippen molar-refractivity contribution >= 4 is 21.7 Å². The van der Waals surface area contributed by atoms with Crippen LogP contribution in [0.4, 0.5) is 0 Å². The molecule has 346 valence electrons. The van der Waals surface area contributed by atoms with Crippen LogP contribution in [0.1, 0.15) is 207 Å². The van der Waals surface area contributed by atoms with E-state index in [4.69, 9.17) is 0 Å². The van der Waals surface area contributed by atoms with Gasteiger partial charge in [0, 0.05) is 31.3 Å². The zero-order chi connectivity index (χ0) is 42.7. The molecule has 2 saturated heterocycles. The summed E-state index contributed by atoms with van der Waals surface area (Å²) in [5.41, 5.74) is 2.53. The number of unbranched alkanes of at least 4 members (excludes halogenated alkanes) is 8. The number of piperidine rings is 2. The Morgan fingerprint density at radius 1 is 0.567 bits per heavy atom. The van der Waals surface area contributed by atoms with E-state index in [0.29, 0.717) is 5.78 Å². The van der Waals surface area contributed by atoms with E-state index in [1.807, 2.05) is 0 Å². The van der Waals surface area contributed by atoms with Gasteiger partial charge in [-0.2, -0.15) is 0 Å². The zero-order valence-electron chi connectivity index (χ0n) is 39.1. The normalized spacial score (nSPS) is 15.4. The molecule has 0 amide bonds. The molecule has 0 bridgehead atoms. The Morgan fingerprint density at radius 2 is 0.983 bits per heavy atom. The number of likely N-dealkylation sites (tertiary alicyclic amines) is 2. The highest BCUT2D eigenvalue weighted by Crippen LogP contribution is 2.29. The monoisotopic (exact) mass is 897 g/mol. The van der Waals surface area contributed by atoms with E-state index in [1.54, 1.807) is 0 Å². The predicted molar refractivity (Wildman–Crippen MR) is 269 cm³/mol. The van der Waals surface area contributed by atoms with Gasteiger partial charge in [-0.15, -0.1) is 0 Å². The first-order valence-electron chi connectivity index (χ1n) is 25.2. The summed E-state index contributed by atoms with van der Waals surface area (Å²) in [7, 11) is 0. The zero-order valence-corrected chi connectivity index (χ0v) is 40.7. The Kier molecular flexibility index (Phi) is 35.8. The fourth-order valence-corrected chi connectivity index (χ4v) is 9.35. The van der Waals surface area contributed by atoms with Gasteiger partial charge in [-0.05, 0) is 133 Å². The minimum absolute atomic E-state index is 0. The lowest BCUT2D eigenvalue weighted by Gasteiger charge is -2.35. The van der Waals surface area contributed by atoms with Crippen LogP contribution in [0.15, 0.2) is 60.7 Å². The number of alkyl halides is 1. The maximum Gasteiger partial charge on any atom is 0.134 e. The number of aliphatic hydroxyl groups is 1. The first-order valence-corrected chi connectivity index (χ1v) is 26.3. The lowest BCUT2D eigenvalue weighted by atomic mass is 9.86. The van der Waals surface area contributed by atoms with E-state index < -0.39 is 5.60 Å². The van der Waals surface area contributed by atoms with E-state index in [1.165, 1.54) is 177 Å². The molecule has 4 rings (SSSR count). The largest absolute Gasteiger partial charge is 0.390 e. The molecular formula is C55H97BrN2O2. The van der Waals surface area contributed by atoms with Gasteiger partial charge in [-0.25, -0.2) is 0 Å². The summed E-state index contributed by atoms with van der Waals surface area (Å²) in [6.45, 7) is 15.8. The van der Waals surface area contributed by atoms with E-state index in [0.717, 1.165) is 63.5 Å². The molecule has 0 spiro atoms. The topological polar surface area (TPSA) is 43.8 Å². The number of carbonyl (C=O) groups excluding carboxylic acids is 1. The van der Waals surface area contributed by atoms with Gasteiger partial charge >= 0.3 is 0 Å². The maximum atomic E-state index is 11.9. The van der Waals surface area contributed by atoms with Crippen molar-refractivity contribution < 1.29 is 9.90 Å². The fourth-order valence-electron chi connectivity index (χ4n) is 8.95. The van der Waals surface area contributed by atoms with Crippen LogP contribution in [0.5, 0.6) is 0 Å². The first kappa shape index (κ1) is 56.5. The van der Waals surface area contributed by atoms with E-state index in [2.05, 4.69) is 114 Å². The number of ketones is 1. The Bertz CT molecular complexity index is 1200. The van der Waals surface area contributed by atoms with Crippen LogP contribution in [-0.2, 0) is 17.6 Å². The van der Waals surface area contributed by atoms with Gasteiger partial charge in [0.25, 0.3) is 0 Å². The second-order valence-corrected chi connectivity index (χ2v) is 19.1. The van der Waals surface area contributed by atoms with Crippen LogP contribution in [0, 0.1) is 11.8 Å². The summed E-state index contributed by atoms with van der Waals surface area (Å²) in [4.78, 5) is 17.0. The number of rotatable bonds is 29. The van der Waals surface area contributed by atoms with Crippen LogP contribution in [0.3, 0.4) is 0 Å². The molecule has 2 heterocycles. The lowest BCUT2D eigenvalue weighted by Crippen LogP contribution is -2.39. The minimum atomic E-state index is -0.420. The SMILES string of the molecule is C.CCCCCBr.CCCCCC(=O)CCN1CCC(CCCc2ccccc2)CC1.CCCCCC(O)(CCCCC)CCN1CCC(CCCc2ccccc2)CC1. The highest BCUT2D eigenvalue weighted by Gasteiger charge is 2.28. The molecule has 4 nitrogen and oxygen atoms in total. The number of aryl methyl sites for hydroxylation is 2. The number of hydrogen-bond acceptors (Lipinski definition) is 4. The van der Waals surface area contributed by atoms with Crippen LogP contribution in [0.2, 0.25) is 0 Å². The molecule has 2 aliphatic rings. The lowest BCUT2D eigenvalue weighted by molar-refractivity contribution is -0.119. The standard InChI is InChI=1S/C27H47NO.C22H35NO.C5H11Br.CH4/c1-3-5-10-19-27(29,20-11-6-4-2)21-24-28-22-17-26(18-23-28)16-12-15-25-13-8-7-9-14-25;1-2-3-5-13-22(24)16-19-23-17-14-21(15-18-23)12-8-11-20-9-6-4-7-10-20;1-2-3-4-5-6;/h7-9,13-14,26,29H,3-6,10-12,15-24H2,1-2H3;4,6-7,9-10,21H,2-3,5,8,11-19H2,1H3;2-5H2,1H3;1H4. The van der Waals surface area contributed by atoms with Gasteiger partial charge in [0.15, 0.2) is 0 Å². The number of benzene rings is 2. The molecule has 0 saturated carbocycles. The van der Waals surface area contributed by atoms with E-state index in [9.17, 15) is 9.90 Å². The molecule has 0 radical (unpaired) electrons.